The van der Waals surface area contributed by atoms with Gasteiger partial charge >= 0.3 is 0 Å². The Balaban J connectivity index is 1.76. The van der Waals surface area contributed by atoms with Crippen LogP contribution < -0.4 is 11.0 Å². The molecule has 1 N–H and O–H groups in total. The van der Waals surface area contributed by atoms with Crippen LogP contribution in [-0.2, 0) is 9.53 Å². The molecule has 2 saturated carbocycles. The monoisotopic (exact) mass is 400 g/mol. The van der Waals surface area contributed by atoms with E-state index >= 15 is 0 Å². The molecule has 0 aromatic carbocycles. The SMILES string of the molecule is C/C(=C\C=N\N(Nc1cccn(C2CC2)c1=O)[C@H]1CC[C@H](C=O)CC1)OC(C)C. The molecule has 2 fully saturated rings. The number of hydrazine groups is 1. The molecule has 7 nitrogen and oxygen atoms in total. The molecule has 1 aromatic heterocycles. The van der Waals surface area contributed by atoms with Gasteiger partial charge in [0.15, 0.2) is 0 Å². The van der Waals surface area contributed by atoms with Crippen molar-refractivity contribution in [3.05, 3.63) is 40.5 Å². The standard InChI is InChI=1S/C22H32N4O3/c1-16(2)29-17(3)12-13-23-26(20-8-6-18(15-27)7-9-20)24-21-5-4-14-25(22(21)28)19-10-11-19/h4-5,12-16,18-20,24H,6-11H2,1-3H3/b17-12+,23-13+/t18-,20-. The number of carbonyl (C=O) groups excluding carboxylic acids is 1. The maximum absolute atomic E-state index is 12.8. The predicted molar refractivity (Wildman–Crippen MR) is 115 cm³/mol. The second-order valence-corrected chi connectivity index (χ2v) is 8.23. The lowest BCUT2D eigenvalue weighted by Crippen LogP contribution is -2.40. The zero-order chi connectivity index (χ0) is 20.8. The molecule has 0 saturated heterocycles. The first-order chi connectivity index (χ1) is 14.0. The van der Waals surface area contributed by atoms with Crippen molar-refractivity contribution >= 4 is 18.2 Å². The second-order valence-electron chi connectivity index (χ2n) is 8.23. The molecule has 0 radical (unpaired) electrons. The number of hydrogen-bond donors (Lipinski definition) is 1. The van der Waals surface area contributed by atoms with Crippen LogP contribution in [0.5, 0.6) is 0 Å². The topological polar surface area (TPSA) is 75.9 Å². The van der Waals surface area contributed by atoms with E-state index < -0.39 is 0 Å². The summed E-state index contributed by atoms with van der Waals surface area (Å²) in [6.45, 7) is 5.85. The molecule has 3 rings (SSSR count). The van der Waals surface area contributed by atoms with Gasteiger partial charge in [0, 0.05) is 18.2 Å². The van der Waals surface area contributed by atoms with Gasteiger partial charge in [0.2, 0.25) is 0 Å². The summed E-state index contributed by atoms with van der Waals surface area (Å²) >= 11 is 0. The van der Waals surface area contributed by atoms with E-state index in [0.717, 1.165) is 50.6 Å². The maximum atomic E-state index is 12.8. The Morgan fingerprint density at radius 2 is 2.00 bits per heavy atom. The number of carbonyl (C=O) groups is 1. The smallest absolute Gasteiger partial charge is 0.275 e. The fraction of sp³-hybridized carbons (Fsp3) is 0.591. The minimum atomic E-state index is -0.0216. The van der Waals surface area contributed by atoms with Gasteiger partial charge in [-0.15, -0.1) is 0 Å². The minimum absolute atomic E-state index is 0.0216. The van der Waals surface area contributed by atoms with Crippen molar-refractivity contribution in [3.63, 3.8) is 0 Å². The van der Waals surface area contributed by atoms with Gasteiger partial charge in [0.05, 0.1) is 24.1 Å². The van der Waals surface area contributed by atoms with E-state index in [1.165, 1.54) is 0 Å². The fourth-order valence-corrected chi connectivity index (χ4v) is 3.68. The average Bonchev–Trinajstić information content (AvgIpc) is 3.53. The molecule has 1 aromatic rings. The summed E-state index contributed by atoms with van der Waals surface area (Å²) < 4.78 is 7.43. The van der Waals surface area contributed by atoms with E-state index in [1.54, 1.807) is 22.0 Å². The first kappa shape index (κ1) is 21.1. The van der Waals surface area contributed by atoms with Crippen molar-refractivity contribution in [1.82, 2.24) is 9.69 Å². The minimum Gasteiger partial charge on any atom is -0.496 e. The summed E-state index contributed by atoms with van der Waals surface area (Å²) in [6, 6.07) is 4.14. The maximum Gasteiger partial charge on any atom is 0.275 e. The lowest BCUT2D eigenvalue weighted by molar-refractivity contribution is -0.112. The Labute approximate surface area is 172 Å². The molecule has 0 aliphatic heterocycles. The third-order valence-electron chi connectivity index (χ3n) is 5.35. The van der Waals surface area contributed by atoms with Gasteiger partial charge in [-0.1, -0.05) is 0 Å². The molecular weight excluding hydrogens is 368 g/mol. The van der Waals surface area contributed by atoms with Crippen molar-refractivity contribution in [2.45, 2.75) is 77.5 Å². The van der Waals surface area contributed by atoms with Crippen LogP contribution in [0.2, 0.25) is 0 Å². The molecule has 7 heteroatoms. The highest BCUT2D eigenvalue weighted by molar-refractivity contribution is 5.71. The van der Waals surface area contributed by atoms with Crippen LogP contribution in [0.1, 0.15) is 65.3 Å². The summed E-state index contributed by atoms with van der Waals surface area (Å²) in [4.78, 5) is 23.9. The second kappa shape index (κ2) is 9.76. The van der Waals surface area contributed by atoms with E-state index in [2.05, 4.69) is 10.5 Å². The Bertz CT molecular complexity index is 803. The molecule has 0 unspecified atom stereocenters. The molecule has 0 atom stereocenters. The molecule has 2 aliphatic carbocycles. The molecule has 0 bridgehead atoms. The number of anilines is 1. The van der Waals surface area contributed by atoms with Gasteiger partial charge in [-0.2, -0.15) is 5.10 Å². The van der Waals surface area contributed by atoms with Crippen molar-refractivity contribution < 1.29 is 9.53 Å². The lowest BCUT2D eigenvalue weighted by Gasteiger charge is -2.34. The first-order valence-corrected chi connectivity index (χ1v) is 10.6. The van der Waals surface area contributed by atoms with Crippen molar-refractivity contribution in [3.8, 4) is 0 Å². The number of allylic oxidation sites excluding steroid dienone is 2. The quantitative estimate of drug-likeness (QED) is 0.295. The van der Waals surface area contributed by atoms with Crippen LogP contribution in [0.3, 0.4) is 0 Å². The molecule has 158 valence electrons. The highest BCUT2D eigenvalue weighted by atomic mass is 16.5. The van der Waals surface area contributed by atoms with Crippen molar-refractivity contribution in [2.75, 3.05) is 5.43 Å². The molecule has 0 amide bonds. The number of hydrogen-bond acceptors (Lipinski definition) is 6. The highest BCUT2D eigenvalue weighted by Crippen LogP contribution is 2.33. The van der Waals surface area contributed by atoms with E-state index in [0.29, 0.717) is 11.7 Å². The number of aldehydes is 1. The van der Waals surface area contributed by atoms with Gasteiger partial charge in [-0.3, -0.25) is 10.2 Å². The van der Waals surface area contributed by atoms with Crippen LogP contribution in [0, 0.1) is 5.92 Å². The van der Waals surface area contributed by atoms with E-state index in [9.17, 15) is 9.59 Å². The fourth-order valence-electron chi connectivity index (χ4n) is 3.68. The number of nitrogens with one attached hydrogen (secondary N) is 1. The Kier molecular flexibility index (Phi) is 7.12. The predicted octanol–water partition coefficient (Wildman–Crippen LogP) is 3.88. The number of pyridine rings is 1. The van der Waals surface area contributed by atoms with Gasteiger partial charge in [0.1, 0.15) is 12.0 Å². The largest absolute Gasteiger partial charge is 0.496 e. The Morgan fingerprint density at radius 1 is 1.28 bits per heavy atom. The van der Waals surface area contributed by atoms with Crippen molar-refractivity contribution in [1.29, 1.82) is 0 Å². The number of nitrogens with zero attached hydrogens (tertiary/aromatic N) is 3. The van der Waals surface area contributed by atoms with Gasteiger partial charge in [0.25, 0.3) is 5.56 Å². The molecule has 29 heavy (non-hydrogen) atoms. The Hall–Kier alpha value is -2.57. The van der Waals surface area contributed by atoms with Crippen LogP contribution in [0.25, 0.3) is 0 Å². The van der Waals surface area contributed by atoms with Crippen LogP contribution in [0.15, 0.2) is 40.1 Å². The third-order valence-corrected chi connectivity index (χ3v) is 5.35. The number of rotatable bonds is 9. The number of ether oxygens (including phenoxy) is 1. The zero-order valence-electron chi connectivity index (χ0n) is 17.6. The summed E-state index contributed by atoms with van der Waals surface area (Å²) in [5.74, 6) is 0.909. The summed E-state index contributed by atoms with van der Waals surface area (Å²) in [6.07, 6.45) is 12.0. The van der Waals surface area contributed by atoms with Crippen LogP contribution in [-0.4, -0.2) is 34.3 Å². The van der Waals surface area contributed by atoms with Crippen molar-refractivity contribution in [2.24, 2.45) is 11.0 Å². The van der Waals surface area contributed by atoms with E-state index in [4.69, 9.17) is 4.74 Å². The van der Waals surface area contributed by atoms with Crippen LogP contribution >= 0.6 is 0 Å². The van der Waals surface area contributed by atoms with Gasteiger partial charge in [-0.25, -0.2) is 5.12 Å². The van der Waals surface area contributed by atoms with E-state index in [1.807, 2.05) is 39.1 Å². The first-order valence-electron chi connectivity index (χ1n) is 10.6. The average molecular weight is 401 g/mol. The third kappa shape index (κ3) is 5.95. The zero-order valence-corrected chi connectivity index (χ0v) is 17.6. The number of hydrazone groups is 1. The number of aromatic nitrogens is 1. The summed E-state index contributed by atoms with van der Waals surface area (Å²) in [5.41, 5.74) is 3.73. The van der Waals surface area contributed by atoms with Crippen LogP contribution in [0.4, 0.5) is 5.69 Å². The van der Waals surface area contributed by atoms with Gasteiger partial charge < -0.3 is 14.1 Å². The lowest BCUT2D eigenvalue weighted by atomic mass is 9.87. The molecular formula is C22H32N4O3. The van der Waals surface area contributed by atoms with Gasteiger partial charge in [-0.05, 0) is 77.5 Å². The normalized spacial score (nSPS) is 22.7. The highest BCUT2D eigenvalue weighted by Gasteiger charge is 2.27. The molecule has 0 spiro atoms. The summed E-state index contributed by atoms with van der Waals surface area (Å²) in [7, 11) is 0. The Morgan fingerprint density at radius 3 is 2.62 bits per heavy atom. The molecule has 1 heterocycles. The molecule has 2 aliphatic rings. The summed E-state index contributed by atoms with van der Waals surface area (Å²) in [5, 5.41) is 6.35. The van der Waals surface area contributed by atoms with E-state index in [-0.39, 0.29) is 23.6 Å².